The molecule has 154 valence electrons. The average Bonchev–Trinajstić information content (AvgIpc) is 2.71. The molecular weight excluding hydrogens is 376 g/mol. The van der Waals surface area contributed by atoms with Crippen molar-refractivity contribution in [2.24, 2.45) is 5.41 Å². The molecule has 0 bridgehead atoms. The van der Waals surface area contributed by atoms with E-state index >= 15 is 0 Å². The Morgan fingerprint density at radius 2 is 1.93 bits per heavy atom. The van der Waals surface area contributed by atoms with Gasteiger partial charge in [-0.25, -0.2) is 9.78 Å². The number of hydrogen-bond acceptors (Lipinski definition) is 4. The largest absolute Gasteiger partial charge is 0.457 e. The number of carbonyl (C=O) groups excluding carboxylic acids is 2. The molecule has 1 aromatic carbocycles. The second-order valence-electron chi connectivity index (χ2n) is 8.83. The zero-order chi connectivity index (χ0) is 21.3. The number of hydrogen-bond donors (Lipinski definition) is 1. The van der Waals surface area contributed by atoms with Gasteiger partial charge in [-0.15, -0.1) is 0 Å². The molecular formula is C25H27N2O3+. The Morgan fingerprint density at radius 3 is 2.63 bits per heavy atom. The van der Waals surface area contributed by atoms with Crippen molar-refractivity contribution < 1.29 is 19.3 Å². The maximum Gasteiger partial charge on any atom is 0.337 e. The predicted molar refractivity (Wildman–Crippen MR) is 113 cm³/mol. The van der Waals surface area contributed by atoms with Crippen LogP contribution in [-0.4, -0.2) is 11.8 Å². The number of aromatic nitrogens is 1. The highest BCUT2D eigenvalue weighted by Gasteiger charge is 2.43. The first-order valence-corrected chi connectivity index (χ1v) is 10.3. The summed E-state index contributed by atoms with van der Waals surface area (Å²) in [6, 6.07) is 13.4. The summed E-state index contributed by atoms with van der Waals surface area (Å²) in [5, 5.41) is 3.36. The van der Waals surface area contributed by atoms with Gasteiger partial charge in [-0.3, -0.25) is 4.79 Å². The summed E-state index contributed by atoms with van der Waals surface area (Å²) >= 11 is 0. The van der Waals surface area contributed by atoms with Crippen LogP contribution in [0.15, 0.2) is 77.4 Å². The van der Waals surface area contributed by atoms with Gasteiger partial charge in [0, 0.05) is 35.0 Å². The lowest BCUT2D eigenvalue weighted by atomic mass is 9.69. The summed E-state index contributed by atoms with van der Waals surface area (Å²) in [7, 11) is 0. The highest BCUT2D eigenvalue weighted by atomic mass is 16.5. The molecule has 5 heteroatoms. The van der Waals surface area contributed by atoms with Gasteiger partial charge in [0.2, 0.25) is 0 Å². The molecule has 0 saturated heterocycles. The molecule has 2 aliphatic rings. The third-order valence-electron chi connectivity index (χ3n) is 5.74. The van der Waals surface area contributed by atoms with Gasteiger partial charge in [-0.2, -0.15) is 0 Å². The molecule has 0 saturated carbocycles. The standard InChI is InChI=1S/C25H26N2O3/c1-16-21(24(29)30-15-17-8-5-4-6-9-17)22(18-10-7-11-26-14-18)23-19(27-16)12-25(2,3)13-20(23)28/h4-11,14,22,27H,12-13,15H2,1-3H3/p+1. The zero-order valence-electron chi connectivity index (χ0n) is 17.6. The number of nitrogens with one attached hydrogen (secondary N) is 2. The highest BCUT2D eigenvalue weighted by molar-refractivity contribution is 6.04. The Hall–Kier alpha value is -3.21. The van der Waals surface area contributed by atoms with Gasteiger partial charge in [-0.1, -0.05) is 44.2 Å². The number of carbonyl (C=O) groups is 2. The van der Waals surface area contributed by atoms with E-state index in [-0.39, 0.29) is 17.8 Å². The first kappa shape index (κ1) is 20.1. The summed E-state index contributed by atoms with van der Waals surface area (Å²) in [5.41, 5.74) is 4.54. The van der Waals surface area contributed by atoms with Crippen LogP contribution in [0.3, 0.4) is 0 Å². The van der Waals surface area contributed by atoms with Crippen LogP contribution in [0.25, 0.3) is 0 Å². The Labute approximate surface area is 176 Å². The zero-order valence-corrected chi connectivity index (χ0v) is 17.6. The average molecular weight is 404 g/mol. The van der Waals surface area contributed by atoms with Gasteiger partial charge in [-0.05, 0) is 30.4 Å². The summed E-state index contributed by atoms with van der Waals surface area (Å²) in [5.74, 6) is -0.754. The van der Waals surface area contributed by atoms with E-state index < -0.39 is 11.9 Å². The summed E-state index contributed by atoms with van der Waals surface area (Å²) in [6.45, 7) is 6.28. The van der Waals surface area contributed by atoms with Crippen molar-refractivity contribution in [3.05, 3.63) is 88.5 Å². The molecule has 1 aliphatic carbocycles. The summed E-state index contributed by atoms with van der Waals surface area (Å²) in [6.07, 6.45) is 4.90. The third kappa shape index (κ3) is 3.92. The number of H-pyrrole nitrogens is 1. The monoisotopic (exact) mass is 403 g/mol. The Morgan fingerprint density at radius 1 is 1.17 bits per heavy atom. The summed E-state index contributed by atoms with van der Waals surface area (Å²) < 4.78 is 5.66. The van der Waals surface area contributed by atoms with E-state index in [0.717, 1.165) is 28.9 Å². The molecule has 2 aromatic rings. The second kappa shape index (κ2) is 7.90. The molecule has 1 aromatic heterocycles. The van der Waals surface area contributed by atoms with E-state index in [1.807, 2.05) is 61.8 Å². The molecule has 0 spiro atoms. The first-order chi connectivity index (χ1) is 14.4. The lowest BCUT2D eigenvalue weighted by Gasteiger charge is -2.39. The number of aromatic amines is 1. The summed E-state index contributed by atoms with van der Waals surface area (Å²) in [4.78, 5) is 29.5. The van der Waals surface area contributed by atoms with Crippen molar-refractivity contribution >= 4 is 11.8 Å². The maximum absolute atomic E-state index is 13.2. The Kier molecular flexibility index (Phi) is 5.29. The lowest BCUT2D eigenvalue weighted by molar-refractivity contribution is -0.378. The van der Waals surface area contributed by atoms with Crippen LogP contribution >= 0.6 is 0 Å². The lowest BCUT2D eigenvalue weighted by Crippen LogP contribution is -2.38. The molecule has 0 amide bonds. The normalized spacial score (nSPS) is 20.5. The van der Waals surface area contributed by atoms with Crippen LogP contribution in [0.1, 0.15) is 50.7 Å². The number of rotatable bonds is 4. The number of dihydropyridines is 1. The van der Waals surface area contributed by atoms with Gasteiger partial charge in [0.15, 0.2) is 18.2 Å². The predicted octanol–water partition coefficient (Wildman–Crippen LogP) is 3.85. The molecule has 0 fully saturated rings. The van der Waals surface area contributed by atoms with Crippen molar-refractivity contribution in [3.8, 4) is 0 Å². The molecule has 30 heavy (non-hydrogen) atoms. The van der Waals surface area contributed by atoms with E-state index in [2.05, 4.69) is 24.1 Å². The number of allylic oxidation sites excluding steroid dienone is 3. The van der Waals surface area contributed by atoms with Gasteiger partial charge in [0.1, 0.15) is 6.61 Å². The smallest absolute Gasteiger partial charge is 0.337 e. The molecule has 1 unspecified atom stereocenters. The molecule has 0 radical (unpaired) electrons. The number of ether oxygens (including phenoxy) is 1. The van der Waals surface area contributed by atoms with Gasteiger partial charge in [0.25, 0.3) is 0 Å². The van der Waals surface area contributed by atoms with Crippen LogP contribution < -0.4 is 10.3 Å². The molecule has 2 heterocycles. The highest BCUT2D eigenvalue weighted by Crippen LogP contribution is 2.46. The quantitative estimate of drug-likeness (QED) is 0.788. The van der Waals surface area contributed by atoms with Crippen LogP contribution in [0.4, 0.5) is 0 Å². The number of pyridine rings is 1. The van der Waals surface area contributed by atoms with Crippen molar-refractivity contribution in [1.29, 1.82) is 0 Å². The third-order valence-corrected chi connectivity index (χ3v) is 5.74. The van der Waals surface area contributed by atoms with E-state index in [9.17, 15) is 9.59 Å². The van der Waals surface area contributed by atoms with Gasteiger partial charge >= 0.3 is 5.97 Å². The SMILES string of the molecule is CC1=C(C(=O)OCc2ccccc2)C(c2ccc[nH+]c2)C2=C(CC(C)(C)CC2=O)N1. The number of benzene rings is 1. The van der Waals surface area contributed by atoms with Crippen molar-refractivity contribution in [1.82, 2.24) is 5.32 Å². The van der Waals surface area contributed by atoms with Crippen molar-refractivity contribution in [3.63, 3.8) is 0 Å². The molecule has 4 rings (SSSR count). The number of Topliss-reactive ketones (excluding diaryl/α,β-unsaturated/α-hetero) is 1. The molecule has 5 nitrogen and oxygen atoms in total. The van der Waals surface area contributed by atoms with Gasteiger partial charge < -0.3 is 10.1 Å². The van der Waals surface area contributed by atoms with E-state index in [1.54, 1.807) is 0 Å². The van der Waals surface area contributed by atoms with E-state index in [1.165, 1.54) is 0 Å². The fourth-order valence-electron chi connectivity index (χ4n) is 4.43. The minimum Gasteiger partial charge on any atom is -0.457 e. The molecule has 1 aliphatic heterocycles. The Bertz CT molecular complexity index is 1040. The minimum absolute atomic E-state index is 0.0865. The van der Waals surface area contributed by atoms with Crippen LogP contribution in [0.5, 0.6) is 0 Å². The van der Waals surface area contributed by atoms with Crippen molar-refractivity contribution in [2.45, 2.75) is 46.1 Å². The fourth-order valence-corrected chi connectivity index (χ4v) is 4.43. The van der Waals surface area contributed by atoms with Crippen LogP contribution in [0, 0.1) is 5.41 Å². The molecule has 2 N–H and O–H groups in total. The minimum atomic E-state index is -0.439. The van der Waals surface area contributed by atoms with Gasteiger partial charge in [0.05, 0.1) is 11.5 Å². The van der Waals surface area contributed by atoms with E-state index in [4.69, 9.17) is 4.74 Å². The molecule has 1 atom stereocenters. The number of esters is 1. The number of ketones is 1. The topological polar surface area (TPSA) is 69.5 Å². The first-order valence-electron chi connectivity index (χ1n) is 10.3. The maximum atomic E-state index is 13.2. The second-order valence-corrected chi connectivity index (χ2v) is 8.83. The van der Waals surface area contributed by atoms with Crippen molar-refractivity contribution in [2.75, 3.05) is 0 Å². The van der Waals surface area contributed by atoms with Crippen LogP contribution in [-0.2, 0) is 20.9 Å². The van der Waals surface area contributed by atoms with E-state index in [0.29, 0.717) is 17.6 Å². The van der Waals surface area contributed by atoms with Crippen LogP contribution in [0.2, 0.25) is 0 Å². The fraction of sp³-hybridized carbons (Fsp3) is 0.320. The Balaban J connectivity index is 1.72.